The molecule has 1 saturated heterocycles. The number of benzene rings is 1. The number of nitrogens with zero attached hydrogens (tertiary/aromatic N) is 3. The summed E-state index contributed by atoms with van der Waals surface area (Å²) in [6.07, 6.45) is 0.632. The molecule has 0 unspecified atom stereocenters. The van der Waals surface area contributed by atoms with Crippen LogP contribution in [0.4, 0.5) is 5.82 Å². The van der Waals surface area contributed by atoms with Crippen LogP contribution >= 0.6 is 11.8 Å². The molecule has 37 heavy (non-hydrogen) atoms. The number of esters is 1. The number of carbonyl (C=O) groups excluding carboxylic acids is 2. The van der Waals surface area contributed by atoms with Crippen molar-refractivity contribution in [3.8, 4) is 6.07 Å². The van der Waals surface area contributed by atoms with E-state index in [1.54, 1.807) is 42.2 Å². The average Bonchev–Trinajstić information content (AvgIpc) is 2.87. The third-order valence-corrected chi connectivity index (χ3v) is 7.74. The van der Waals surface area contributed by atoms with Crippen LogP contribution in [0.5, 0.6) is 0 Å². The van der Waals surface area contributed by atoms with Gasteiger partial charge in [-0.1, -0.05) is 42.1 Å². The van der Waals surface area contributed by atoms with Gasteiger partial charge in [0.2, 0.25) is 15.9 Å². The van der Waals surface area contributed by atoms with Crippen molar-refractivity contribution in [2.45, 2.75) is 30.5 Å². The number of aliphatic carboxylic acids is 1. The minimum absolute atomic E-state index is 0.00582. The molecule has 1 aromatic heterocycles. The molecule has 3 rings (SSSR count). The number of hydrogen-bond donors (Lipinski definition) is 2. The molecule has 0 atom stereocenters. The zero-order valence-electron chi connectivity index (χ0n) is 20.0. The van der Waals surface area contributed by atoms with Crippen molar-refractivity contribution in [3.05, 3.63) is 53.1 Å². The number of aromatic nitrogens is 1. The second kappa shape index (κ2) is 12.6. The van der Waals surface area contributed by atoms with E-state index in [0.29, 0.717) is 31.5 Å². The Morgan fingerprint density at radius 1 is 1.24 bits per heavy atom. The summed E-state index contributed by atoms with van der Waals surface area (Å²) in [6, 6.07) is 11.9. The number of amides is 1. The van der Waals surface area contributed by atoms with Crippen molar-refractivity contribution < 1.29 is 32.6 Å². The highest BCUT2D eigenvalue weighted by Gasteiger charge is 2.30. The molecule has 0 spiro atoms. The Kier molecular flexibility index (Phi) is 9.48. The molecule has 1 amide bonds. The molecular formula is C24H26N4O7S2. The molecule has 13 heteroatoms. The van der Waals surface area contributed by atoms with Crippen molar-refractivity contribution in [1.29, 1.82) is 5.26 Å². The maximum absolute atomic E-state index is 12.7. The molecular weight excluding hydrogens is 520 g/mol. The number of rotatable bonds is 10. The number of anilines is 1. The Morgan fingerprint density at radius 2 is 1.92 bits per heavy atom. The second-order valence-corrected chi connectivity index (χ2v) is 10.9. The summed E-state index contributed by atoms with van der Waals surface area (Å²) in [7, 11) is -3.86. The molecule has 1 aromatic carbocycles. The SMILES string of the molecule is CCOC(=O)c1cc(C#N)c(N2CCC(C(=O)NS(=O)(=O)Cc3ccccc3)CC2)nc1SCC(=O)O. The van der Waals surface area contributed by atoms with Crippen LogP contribution in [-0.4, -0.2) is 61.8 Å². The van der Waals surface area contributed by atoms with Gasteiger partial charge in [-0.05, 0) is 31.4 Å². The molecule has 196 valence electrons. The minimum atomic E-state index is -3.86. The van der Waals surface area contributed by atoms with Gasteiger partial charge in [0.15, 0.2) is 0 Å². The van der Waals surface area contributed by atoms with Gasteiger partial charge in [-0.25, -0.2) is 18.2 Å². The highest BCUT2D eigenvalue weighted by Crippen LogP contribution is 2.31. The van der Waals surface area contributed by atoms with Crippen LogP contribution < -0.4 is 9.62 Å². The summed E-state index contributed by atoms with van der Waals surface area (Å²) in [4.78, 5) is 42.3. The number of nitriles is 1. The predicted molar refractivity (Wildman–Crippen MR) is 135 cm³/mol. The van der Waals surface area contributed by atoms with Gasteiger partial charge in [0, 0.05) is 19.0 Å². The minimum Gasteiger partial charge on any atom is -0.481 e. The summed E-state index contributed by atoms with van der Waals surface area (Å²) >= 11 is 0.841. The first-order valence-electron chi connectivity index (χ1n) is 11.4. The first-order chi connectivity index (χ1) is 17.6. The first kappa shape index (κ1) is 27.9. The summed E-state index contributed by atoms with van der Waals surface area (Å²) in [5.74, 6) is -3.33. The third-order valence-electron chi connectivity index (χ3n) is 5.54. The van der Waals surface area contributed by atoms with Gasteiger partial charge in [0.1, 0.15) is 16.9 Å². The standard InChI is InChI=1S/C24H26N4O7S2/c1-2-35-24(32)19-12-18(13-25)21(26-23(19)36-14-20(29)30)28-10-8-17(9-11-28)22(31)27-37(33,34)15-16-6-4-3-5-7-16/h3-7,12,17H,2,8-11,14-15H2,1H3,(H,27,31)(H,29,30). The lowest BCUT2D eigenvalue weighted by Crippen LogP contribution is -2.43. The maximum Gasteiger partial charge on any atom is 0.340 e. The van der Waals surface area contributed by atoms with E-state index >= 15 is 0 Å². The molecule has 0 radical (unpaired) electrons. The fourth-order valence-electron chi connectivity index (χ4n) is 3.83. The van der Waals surface area contributed by atoms with Crippen LogP contribution in [0, 0.1) is 17.2 Å². The lowest BCUT2D eigenvalue weighted by Gasteiger charge is -2.32. The number of carboxylic acid groups (broad SMARTS) is 1. The van der Waals surface area contributed by atoms with E-state index in [4.69, 9.17) is 9.84 Å². The number of nitrogens with one attached hydrogen (secondary N) is 1. The molecule has 0 saturated carbocycles. The van der Waals surface area contributed by atoms with Crippen molar-refractivity contribution in [2.75, 3.05) is 30.3 Å². The van der Waals surface area contributed by atoms with Crippen LogP contribution in [0.3, 0.4) is 0 Å². The number of sulfonamides is 1. The van der Waals surface area contributed by atoms with E-state index in [1.165, 1.54) is 6.07 Å². The Balaban J connectivity index is 1.72. The van der Waals surface area contributed by atoms with E-state index in [1.807, 2.05) is 6.07 Å². The Morgan fingerprint density at radius 3 is 2.51 bits per heavy atom. The fraction of sp³-hybridized carbons (Fsp3) is 0.375. The molecule has 1 aliphatic heterocycles. The molecule has 11 nitrogen and oxygen atoms in total. The van der Waals surface area contributed by atoms with Crippen LogP contribution in [-0.2, 0) is 30.1 Å². The van der Waals surface area contributed by atoms with Gasteiger partial charge in [0.25, 0.3) is 0 Å². The van der Waals surface area contributed by atoms with Crippen molar-refractivity contribution in [2.24, 2.45) is 5.92 Å². The number of hydrogen-bond acceptors (Lipinski definition) is 10. The van der Waals surface area contributed by atoms with Crippen LogP contribution in [0.1, 0.15) is 41.3 Å². The van der Waals surface area contributed by atoms with Gasteiger partial charge in [-0.2, -0.15) is 5.26 Å². The molecule has 2 aromatic rings. The number of carboxylic acids is 1. The van der Waals surface area contributed by atoms with Crippen molar-refractivity contribution in [1.82, 2.24) is 9.71 Å². The highest BCUT2D eigenvalue weighted by atomic mass is 32.2. The van der Waals surface area contributed by atoms with E-state index in [0.717, 1.165) is 11.8 Å². The van der Waals surface area contributed by atoms with Gasteiger partial charge in [-0.15, -0.1) is 0 Å². The van der Waals surface area contributed by atoms with Crippen LogP contribution in [0.15, 0.2) is 41.4 Å². The monoisotopic (exact) mass is 546 g/mol. The molecule has 0 aliphatic carbocycles. The highest BCUT2D eigenvalue weighted by molar-refractivity contribution is 8.00. The van der Waals surface area contributed by atoms with Crippen LogP contribution in [0.25, 0.3) is 0 Å². The first-order valence-corrected chi connectivity index (χ1v) is 14.1. The molecule has 0 bridgehead atoms. The van der Waals surface area contributed by atoms with Gasteiger partial charge in [-0.3, -0.25) is 14.3 Å². The largest absolute Gasteiger partial charge is 0.481 e. The van der Waals surface area contributed by atoms with E-state index in [9.17, 15) is 28.1 Å². The smallest absolute Gasteiger partial charge is 0.340 e. The Bertz CT molecular complexity index is 1300. The van der Waals surface area contributed by atoms with Crippen molar-refractivity contribution in [3.63, 3.8) is 0 Å². The molecule has 1 aliphatic rings. The zero-order valence-corrected chi connectivity index (χ0v) is 21.7. The number of thioether (sulfide) groups is 1. The van der Waals surface area contributed by atoms with Crippen molar-refractivity contribution >= 4 is 45.4 Å². The fourth-order valence-corrected chi connectivity index (χ4v) is 5.71. The zero-order chi connectivity index (χ0) is 27.0. The molecule has 2 N–H and O–H groups in total. The lowest BCUT2D eigenvalue weighted by atomic mass is 9.96. The Hall–Kier alpha value is -3.63. The van der Waals surface area contributed by atoms with Gasteiger partial charge < -0.3 is 14.7 Å². The summed E-state index contributed by atoms with van der Waals surface area (Å²) in [5, 5.41) is 18.9. The second-order valence-electron chi connectivity index (χ2n) is 8.20. The number of pyridine rings is 1. The number of carbonyl (C=O) groups is 3. The average molecular weight is 547 g/mol. The van der Waals surface area contributed by atoms with Gasteiger partial charge in [0.05, 0.1) is 29.2 Å². The topological polar surface area (TPSA) is 167 Å². The molecule has 1 fully saturated rings. The van der Waals surface area contributed by atoms with Crippen LogP contribution in [0.2, 0.25) is 0 Å². The lowest BCUT2D eigenvalue weighted by molar-refractivity contribution is -0.134. The normalized spacial score (nSPS) is 14.0. The number of piperidine rings is 1. The number of ether oxygens (including phenoxy) is 1. The van der Waals surface area contributed by atoms with Gasteiger partial charge >= 0.3 is 11.9 Å². The summed E-state index contributed by atoms with van der Waals surface area (Å²) in [5.41, 5.74) is 0.679. The quantitative estimate of drug-likeness (QED) is 0.331. The Labute approximate surface area is 218 Å². The van der Waals surface area contributed by atoms with E-state index in [2.05, 4.69) is 9.71 Å². The summed E-state index contributed by atoms with van der Waals surface area (Å²) < 4.78 is 32.0. The maximum atomic E-state index is 12.7. The van der Waals surface area contributed by atoms with E-state index < -0.39 is 33.8 Å². The summed E-state index contributed by atoms with van der Waals surface area (Å²) in [6.45, 7) is 2.34. The molecule has 2 heterocycles. The predicted octanol–water partition coefficient (Wildman–Crippen LogP) is 2.17. The third kappa shape index (κ3) is 7.68. The van der Waals surface area contributed by atoms with E-state index in [-0.39, 0.29) is 40.1 Å².